The van der Waals surface area contributed by atoms with E-state index in [1.54, 1.807) is 0 Å². The fourth-order valence-electron chi connectivity index (χ4n) is 6.36. The van der Waals surface area contributed by atoms with Gasteiger partial charge in [0.05, 0.1) is 12.1 Å². The van der Waals surface area contributed by atoms with Crippen LogP contribution in [0.4, 0.5) is 0 Å². The molecule has 5 rings (SSSR count). The normalized spacial score (nSPS) is 24.7. The number of aryl methyl sites for hydroxylation is 1. The van der Waals surface area contributed by atoms with Crippen molar-refractivity contribution in [3.05, 3.63) is 23.6 Å². The summed E-state index contributed by atoms with van der Waals surface area (Å²) in [5, 5.41) is 3.32. The summed E-state index contributed by atoms with van der Waals surface area (Å²) in [6, 6.07) is 4.60. The number of nitrogens with zero attached hydrogens (tertiary/aromatic N) is 3. The van der Waals surface area contributed by atoms with E-state index in [-0.39, 0.29) is 17.9 Å². The van der Waals surface area contributed by atoms with Crippen molar-refractivity contribution < 1.29 is 14.0 Å². The van der Waals surface area contributed by atoms with Crippen molar-refractivity contribution in [2.24, 2.45) is 0 Å². The maximum absolute atomic E-state index is 13.8. The van der Waals surface area contributed by atoms with Crippen LogP contribution >= 0.6 is 0 Å². The number of nitrogens with one attached hydrogen (secondary N) is 1. The van der Waals surface area contributed by atoms with E-state index in [9.17, 15) is 9.59 Å². The molecule has 3 heterocycles. The Morgan fingerprint density at radius 2 is 1.79 bits per heavy atom. The minimum atomic E-state index is -0.938. The van der Waals surface area contributed by atoms with E-state index in [1.165, 1.54) is 38.5 Å². The number of hydrogen-bond acceptors (Lipinski definition) is 4. The van der Waals surface area contributed by atoms with Crippen molar-refractivity contribution in [3.8, 4) is 0 Å². The minimum absolute atomic E-state index is 0.0270. The molecule has 0 aromatic carbocycles. The molecule has 2 saturated carbocycles. The molecule has 2 aliphatic carbocycles. The summed E-state index contributed by atoms with van der Waals surface area (Å²) in [7, 11) is 2.17. The Balaban J connectivity index is 1.42. The molecule has 0 spiro atoms. The second kappa shape index (κ2) is 9.40. The third-order valence-corrected chi connectivity index (χ3v) is 8.54. The predicted molar refractivity (Wildman–Crippen MR) is 133 cm³/mol. The maximum atomic E-state index is 13.8. The number of hydrogen-bond donors (Lipinski definition) is 1. The standard InChI is InChI=1S/C27H40N4O3/c1-19-16-22-24(34-19)17-23-25(32)31(15-14-29(3)21-12-8-5-9-13-21)27(2,18-30(22)23)26(33)28-20-10-6-4-7-11-20/h16-17,20-21H,4-15,18H2,1-3H3,(H,28,33). The van der Waals surface area contributed by atoms with Crippen LogP contribution in [0.2, 0.25) is 0 Å². The highest BCUT2D eigenvalue weighted by Crippen LogP contribution is 2.34. The average Bonchev–Trinajstić information content (AvgIpc) is 3.36. The third-order valence-electron chi connectivity index (χ3n) is 8.54. The highest BCUT2D eigenvalue weighted by atomic mass is 16.3. The number of likely N-dealkylation sites (N-methyl/N-ethyl adjacent to an activating group) is 1. The molecule has 34 heavy (non-hydrogen) atoms. The summed E-state index contributed by atoms with van der Waals surface area (Å²) >= 11 is 0. The van der Waals surface area contributed by atoms with Crippen LogP contribution in [0, 0.1) is 6.92 Å². The monoisotopic (exact) mass is 468 g/mol. The number of rotatable bonds is 6. The summed E-state index contributed by atoms with van der Waals surface area (Å²) in [6.45, 7) is 5.64. The Bertz CT molecular complexity index is 1040. The molecule has 186 valence electrons. The Hall–Kier alpha value is -2.28. The molecule has 1 aliphatic heterocycles. The van der Waals surface area contributed by atoms with Gasteiger partial charge in [0, 0.05) is 37.3 Å². The van der Waals surface area contributed by atoms with Crippen LogP contribution in [0.1, 0.15) is 87.4 Å². The Kier molecular flexibility index (Phi) is 6.49. The number of amides is 2. The number of fused-ring (bicyclic) bond motifs is 3. The van der Waals surface area contributed by atoms with E-state index in [4.69, 9.17) is 4.42 Å². The largest absolute Gasteiger partial charge is 0.460 e. The zero-order valence-corrected chi connectivity index (χ0v) is 21.1. The first-order chi connectivity index (χ1) is 16.4. The third kappa shape index (κ3) is 4.28. The van der Waals surface area contributed by atoms with Crippen molar-refractivity contribution in [2.75, 3.05) is 20.1 Å². The van der Waals surface area contributed by atoms with Gasteiger partial charge in [0.25, 0.3) is 5.91 Å². The quantitative estimate of drug-likeness (QED) is 0.679. The van der Waals surface area contributed by atoms with Crippen LogP contribution in [0.5, 0.6) is 0 Å². The van der Waals surface area contributed by atoms with Gasteiger partial charge in [-0.3, -0.25) is 9.59 Å². The molecule has 2 aromatic rings. The van der Waals surface area contributed by atoms with Gasteiger partial charge in [0.1, 0.15) is 17.0 Å². The second-order valence-corrected chi connectivity index (χ2v) is 11.0. The van der Waals surface area contributed by atoms with Crippen molar-refractivity contribution >= 4 is 22.9 Å². The van der Waals surface area contributed by atoms with Crippen LogP contribution in [0.15, 0.2) is 16.5 Å². The van der Waals surface area contributed by atoms with E-state index in [0.29, 0.717) is 24.8 Å². The smallest absolute Gasteiger partial charge is 0.271 e. The van der Waals surface area contributed by atoms with Gasteiger partial charge in [0.15, 0.2) is 5.58 Å². The lowest BCUT2D eigenvalue weighted by Gasteiger charge is -2.45. The molecule has 2 amide bonds. The fourth-order valence-corrected chi connectivity index (χ4v) is 6.36. The predicted octanol–water partition coefficient (Wildman–Crippen LogP) is 4.47. The van der Waals surface area contributed by atoms with Gasteiger partial charge in [-0.25, -0.2) is 0 Å². The molecule has 0 saturated heterocycles. The number of carbonyl (C=O) groups is 2. The number of carbonyl (C=O) groups excluding carboxylic acids is 2. The summed E-state index contributed by atoms with van der Waals surface area (Å²) < 4.78 is 7.83. The minimum Gasteiger partial charge on any atom is -0.460 e. The van der Waals surface area contributed by atoms with Crippen LogP contribution in [0.25, 0.3) is 11.1 Å². The highest BCUT2D eigenvalue weighted by molar-refractivity contribution is 6.03. The van der Waals surface area contributed by atoms with Crippen LogP contribution in [-0.2, 0) is 11.3 Å². The van der Waals surface area contributed by atoms with Crippen LogP contribution in [0.3, 0.4) is 0 Å². The van der Waals surface area contributed by atoms with Crippen LogP contribution in [-0.4, -0.2) is 63.9 Å². The van der Waals surface area contributed by atoms with Gasteiger partial charge in [-0.2, -0.15) is 0 Å². The van der Waals surface area contributed by atoms with Gasteiger partial charge < -0.3 is 24.1 Å². The van der Waals surface area contributed by atoms with Gasteiger partial charge >= 0.3 is 0 Å². The Morgan fingerprint density at radius 3 is 2.50 bits per heavy atom. The van der Waals surface area contributed by atoms with E-state index in [2.05, 4.69) is 17.3 Å². The van der Waals surface area contributed by atoms with E-state index < -0.39 is 5.54 Å². The van der Waals surface area contributed by atoms with Gasteiger partial charge in [-0.05, 0) is 46.6 Å². The van der Waals surface area contributed by atoms with E-state index >= 15 is 0 Å². The lowest BCUT2D eigenvalue weighted by molar-refractivity contribution is -0.134. The first-order valence-electron chi connectivity index (χ1n) is 13.3. The maximum Gasteiger partial charge on any atom is 0.271 e. The SMILES string of the molecule is Cc1cc2c(cc3n2CC(C)(C(=O)NC2CCCCC2)N(CCN(C)C2CCCCC2)C3=O)o1. The molecule has 2 aromatic heterocycles. The average molecular weight is 469 g/mol. The summed E-state index contributed by atoms with van der Waals surface area (Å²) in [5.41, 5.74) is 1.30. The first-order valence-corrected chi connectivity index (χ1v) is 13.3. The van der Waals surface area contributed by atoms with E-state index in [1.807, 2.05) is 35.4 Å². The highest BCUT2D eigenvalue weighted by Gasteiger charge is 2.48. The lowest BCUT2D eigenvalue weighted by Crippen LogP contribution is -2.66. The summed E-state index contributed by atoms with van der Waals surface area (Å²) in [4.78, 5) is 31.9. The zero-order chi connectivity index (χ0) is 23.9. The van der Waals surface area contributed by atoms with E-state index in [0.717, 1.165) is 49.1 Å². The summed E-state index contributed by atoms with van der Waals surface area (Å²) in [5.74, 6) is 0.715. The molecule has 3 aliphatic rings. The Morgan fingerprint density at radius 1 is 1.12 bits per heavy atom. The van der Waals surface area contributed by atoms with Gasteiger partial charge in [0.2, 0.25) is 5.91 Å². The number of aromatic nitrogens is 1. The molecule has 2 fully saturated rings. The first kappa shape index (κ1) is 23.5. The van der Waals surface area contributed by atoms with Crippen molar-refractivity contribution in [2.45, 2.75) is 102 Å². The molecule has 0 bridgehead atoms. The van der Waals surface area contributed by atoms with Gasteiger partial charge in [-0.15, -0.1) is 0 Å². The molecular formula is C27H40N4O3. The fraction of sp³-hybridized carbons (Fsp3) is 0.704. The zero-order valence-electron chi connectivity index (χ0n) is 21.1. The van der Waals surface area contributed by atoms with Crippen molar-refractivity contribution in [3.63, 3.8) is 0 Å². The molecule has 1 N–H and O–H groups in total. The number of furan rings is 1. The lowest BCUT2D eigenvalue weighted by atomic mass is 9.91. The molecule has 1 atom stereocenters. The molecular weight excluding hydrogens is 428 g/mol. The Labute approximate surface area is 202 Å². The molecule has 1 unspecified atom stereocenters. The molecule has 0 radical (unpaired) electrons. The molecule has 7 heteroatoms. The van der Waals surface area contributed by atoms with Crippen LogP contribution < -0.4 is 5.32 Å². The van der Waals surface area contributed by atoms with Gasteiger partial charge in [-0.1, -0.05) is 38.5 Å². The summed E-state index contributed by atoms with van der Waals surface area (Å²) in [6.07, 6.45) is 12.0. The van der Waals surface area contributed by atoms with Crippen molar-refractivity contribution in [1.29, 1.82) is 0 Å². The topological polar surface area (TPSA) is 70.7 Å². The van der Waals surface area contributed by atoms with Crippen molar-refractivity contribution in [1.82, 2.24) is 19.7 Å². The molecule has 7 nitrogen and oxygen atoms in total. The second-order valence-electron chi connectivity index (χ2n) is 11.0.